The van der Waals surface area contributed by atoms with E-state index >= 15 is 0 Å². The Kier molecular flexibility index (Phi) is 12.5. The van der Waals surface area contributed by atoms with Crippen molar-refractivity contribution >= 4 is 35.7 Å². The van der Waals surface area contributed by atoms with Gasteiger partial charge in [0.1, 0.15) is 0 Å². The molecule has 10 nitrogen and oxygen atoms in total. The first-order valence-corrected chi connectivity index (χ1v) is 10.6. The number of carboxylic acids is 2. The van der Waals surface area contributed by atoms with Crippen molar-refractivity contribution in [3.05, 3.63) is 59.7 Å². The first-order valence-electron chi connectivity index (χ1n) is 10.6. The Morgan fingerprint density at radius 2 is 1.14 bits per heavy atom. The van der Waals surface area contributed by atoms with E-state index in [9.17, 15) is 39.6 Å². The van der Waals surface area contributed by atoms with E-state index < -0.39 is 11.9 Å². The summed E-state index contributed by atoms with van der Waals surface area (Å²) in [6.07, 6.45) is 5.10. The summed E-state index contributed by atoms with van der Waals surface area (Å²) in [5.74, 6) is -2.53. The van der Waals surface area contributed by atoms with Crippen molar-refractivity contribution in [2.45, 2.75) is 25.7 Å². The van der Waals surface area contributed by atoms with Crippen molar-refractivity contribution in [2.75, 3.05) is 14.2 Å². The molecule has 0 heterocycles. The normalized spacial score (nSPS) is 10.5. The number of hydrogen-bond donors (Lipinski definition) is 2. The van der Waals surface area contributed by atoms with E-state index in [4.69, 9.17) is 9.47 Å². The largest absolute Gasteiger partial charge is 0.550 e. The lowest BCUT2D eigenvalue weighted by molar-refractivity contribution is -0.307. The molecule has 0 aliphatic carbocycles. The van der Waals surface area contributed by atoms with Gasteiger partial charge in [0, 0.05) is 11.9 Å². The highest BCUT2D eigenvalue weighted by atomic mass is 16.5. The monoisotopic (exact) mass is 498 g/mol. The van der Waals surface area contributed by atoms with Crippen molar-refractivity contribution < 1.29 is 49.1 Å². The molecule has 0 unspecified atom stereocenters. The van der Waals surface area contributed by atoms with Crippen molar-refractivity contribution in [1.29, 1.82) is 0 Å². The molecule has 0 saturated carbocycles. The minimum Gasteiger partial charge on any atom is -0.550 e. The van der Waals surface area contributed by atoms with E-state index in [1.807, 2.05) is 0 Å². The van der Waals surface area contributed by atoms with E-state index in [0.717, 1.165) is 0 Å². The van der Waals surface area contributed by atoms with Gasteiger partial charge < -0.3 is 39.5 Å². The van der Waals surface area contributed by atoms with Crippen LogP contribution in [0.2, 0.25) is 0 Å². The highest BCUT2D eigenvalue weighted by Crippen LogP contribution is 2.27. The molecule has 0 atom stereocenters. The van der Waals surface area contributed by atoms with Crippen LogP contribution in [0.4, 0.5) is 0 Å². The molecule has 0 radical (unpaired) electrons. The fourth-order valence-electron chi connectivity index (χ4n) is 2.64. The molecule has 0 aliphatic heterocycles. The Labute approximate surface area is 207 Å². The standard InChI is InChI=1S/C21H20O6.C5H8O4/c1-26-20-11-14(5-9-18(20)24)3-7-16(22)13-17(23)8-4-15-6-10-19(25)21(12-15)27-2;6-4(7)2-1-3-5(8)9/h3-12,24-25H,13H2,1-2H3;1-3H2,(H,6,7)(H,8,9)/p-2/b7-3+,8-4+;. The fraction of sp³-hybridized carbons (Fsp3) is 0.231. The summed E-state index contributed by atoms with van der Waals surface area (Å²) < 4.78 is 10.00. The van der Waals surface area contributed by atoms with Crippen LogP contribution in [0.1, 0.15) is 36.8 Å². The van der Waals surface area contributed by atoms with Gasteiger partial charge in [0.25, 0.3) is 0 Å². The van der Waals surface area contributed by atoms with Gasteiger partial charge in [0.15, 0.2) is 34.6 Å². The summed E-state index contributed by atoms with van der Waals surface area (Å²) in [6, 6.07) is 9.34. The maximum absolute atomic E-state index is 11.9. The molecule has 0 amide bonds. The van der Waals surface area contributed by atoms with Crippen LogP contribution < -0.4 is 19.7 Å². The summed E-state index contributed by atoms with van der Waals surface area (Å²) in [5, 5.41) is 38.4. The molecule has 0 spiro atoms. The number of allylic oxidation sites excluding steroid dienone is 2. The van der Waals surface area contributed by atoms with Crippen LogP contribution in [0.3, 0.4) is 0 Å². The number of hydrogen-bond acceptors (Lipinski definition) is 10. The van der Waals surface area contributed by atoms with Gasteiger partial charge >= 0.3 is 0 Å². The Bertz CT molecular complexity index is 1040. The molecule has 2 aromatic carbocycles. The van der Waals surface area contributed by atoms with Gasteiger partial charge in [-0.15, -0.1) is 0 Å². The SMILES string of the molecule is COc1cc(/C=C/C(=O)CC(=O)/C=C/c2ccc(O)c(OC)c2)ccc1O.O=C([O-])CCCC(=O)[O-]. The lowest BCUT2D eigenvalue weighted by Gasteiger charge is -2.03. The topological polar surface area (TPSA) is 173 Å². The second-order valence-electron chi connectivity index (χ2n) is 7.24. The van der Waals surface area contributed by atoms with Crippen LogP contribution in [0.5, 0.6) is 23.0 Å². The Hall–Kier alpha value is -4.60. The number of carboxylic acid groups (broad SMARTS) is 2. The number of phenols is 2. The molecule has 2 aromatic rings. The van der Waals surface area contributed by atoms with Crippen LogP contribution >= 0.6 is 0 Å². The molecule has 0 fully saturated rings. The maximum atomic E-state index is 11.9. The molecule has 10 heteroatoms. The number of ether oxygens (including phenoxy) is 2. The van der Waals surface area contributed by atoms with Gasteiger partial charge in [-0.3, -0.25) is 9.59 Å². The Morgan fingerprint density at radius 3 is 1.47 bits per heavy atom. The zero-order valence-electron chi connectivity index (χ0n) is 19.8. The minimum absolute atomic E-state index is 0.00662. The third kappa shape index (κ3) is 11.5. The number of carbonyl (C=O) groups is 4. The smallest absolute Gasteiger partial charge is 0.163 e. The zero-order chi connectivity index (χ0) is 27.1. The second kappa shape index (κ2) is 15.3. The number of ketones is 2. The predicted octanol–water partition coefficient (Wildman–Crippen LogP) is 1.03. The van der Waals surface area contributed by atoms with Crippen LogP contribution in [0.25, 0.3) is 12.2 Å². The van der Waals surface area contributed by atoms with E-state index in [1.54, 1.807) is 36.4 Å². The average Bonchev–Trinajstić information content (AvgIpc) is 2.83. The van der Waals surface area contributed by atoms with Gasteiger partial charge in [-0.25, -0.2) is 0 Å². The minimum atomic E-state index is -1.23. The maximum Gasteiger partial charge on any atom is 0.163 e. The molecule has 36 heavy (non-hydrogen) atoms. The molecular weight excluding hydrogens is 472 g/mol. The number of phenolic OH excluding ortho intramolecular Hbond substituents is 2. The van der Waals surface area contributed by atoms with E-state index in [2.05, 4.69) is 0 Å². The molecule has 2 rings (SSSR count). The third-order valence-electron chi connectivity index (χ3n) is 4.44. The summed E-state index contributed by atoms with van der Waals surface area (Å²) in [5.41, 5.74) is 1.33. The van der Waals surface area contributed by atoms with Gasteiger partial charge in [-0.05, 0) is 66.8 Å². The molecule has 2 N–H and O–H groups in total. The summed E-state index contributed by atoms with van der Waals surface area (Å²) in [7, 11) is 2.87. The Balaban J connectivity index is 0.000000613. The van der Waals surface area contributed by atoms with Crippen LogP contribution in [-0.4, -0.2) is 47.9 Å². The fourth-order valence-corrected chi connectivity index (χ4v) is 2.64. The predicted molar refractivity (Wildman–Crippen MR) is 126 cm³/mol. The lowest BCUT2D eigenvalue weighted by Crippen LogP contribution is -2.25. The molecule has 0 saturated heterocycles. The van der Waals surface area contributed by atoms with Crippen molar-refractivity contribution in [2.24, 2.45) is 0 Å². The van der Waals surface area contributed by atoms with Gasteiger partial charge in [-0.1, -0.05) is 24.3 Å². The van der Waals surface area contributed by atoms with Crippen molar-refractivity contribution in [3.8, 4) is 23.0 Å². The quantitative estimate of drug-likeness (QED) is 0.318. The number of benzene rings is 2. The average molecular weight is 498 g/mol. The highest BCUT2D eigenvalue weighted by molar-refractivity contribution is 6.10. The molecular formula is C26H26O10-2. The first-order chi connectivity index (χ1) is 17.0. The van der Waals surface area contributed by atoms with Crippen LogP contribution in [0, 0.1) is 0 Å². The van der Waals surface area contributed by atoms with E-state index in [-0.39, 0.29) is 48.7 Å². The van der Waals surface area contributed by atoms with Gasteiger partial charge in [-0.2, -0.15) is 0 Å². The zero-order valence-corrected chi connectivity index (χ0v) is 19.8. The summed E-state index contributed by atoms with van der Waals surface area (Å²) in [4.78, 5) is 43.2. The number of aromatic hydroxyl groups is 2. The van der Waals surface area contributed by atoms with Gasteiger partial charge in [0.2, 0.25) is 0 Å². The lowest BCUT2D eigenvalue weighted by atomic mass is 10.1. The molecule has 0 aliphatic rings. The van der Waals surface area contributed by atoms with Crippen LogP contribution in [-0.2, 0) is 19.2 Å². The first kappa shape index (κ1) is 29.4. The highest BCUT2D eigenvalue weighted by Gasteiger charge is 2.06. The molecule has 192 valence electrons. The number of carbonyl (C=O) groups excluding carboxylic acids is 4. The molecule has 0 aromatic heterocycles. The van der Waals surface area contributed by atoms with Crippen molar-refractivity contribution in [3.63, 3.8) is 0 Å². The third-order valence-corrected chi connectivity index (χ3v) is 4.44. The number of aliphatic carboxylic acids is 2. The molecule has 0 bridgehead atoms. The summed E-state index contributed by atoms with van der Waals surface area (Å²) >= 11 is 0. The Morgan fingerprint density at radius 1 is 0.750 bits per heavy atom. The number of methoxy groups -OCH3 is 2. The van der Waals surface area contributed by atoms with Crippen molar-refractivity contribution in [1.82, 2.24) is 0 Å². The summed E-state index contributed by atoms with van der Waals surface area (Å²) in [6.45, 7) is 0. The van der Waals surface area contributed by atoms with Crippen LogP contribution in [0.15, 0.2) is 48.6 Å². The van der Waals surface area contributed by atoms with Gasteiger partial charge in [0.05, 0.1) is 20.6 Å². The van der Waals surface area contributed by atoms with E-state index in [0.29, 0.717) is 22.6 Å². The second-order valence-corrected chi connectivity index (χ2v) is 7.24. The number of rotatable bonds is 12. The van der Waals surface area contributed by atoms with E-state index in [1.165, 1.54) is 38.5 Å².